The van der Waals surface area contributed by atoms with E-state index in [0.29, 0.717) is 24.0 Å². The van der Waals surface area contributed by atoms with E-state index in [1.54, 1.807) is 21.1 Å². The van der Waals surface area contributed by atoms with Crippen LogP contribution in [0.3, 0.4) is 0 Å². The molecule has 0 spiro atoms. The zero-order valence-corrected chi connectivity index (χ0v) is 15.8. The number of guanidine groups is 1. The molecule has 1 saturated heterocycles. The maximum Gasteiger partial charge on any atom is 0.219 e. The number of nitrogens with one attached hydrogen (secondary N) is 1. The molecule has 8 nitrogen and oxygen atoms in total. The molecule has 1 amide bonds. The summed E-state index contributed by atoms with van der Waals surface area (Å²) in [5.41, 5.74) is 6.93. The van der Waals surface area contributed by atoms with Gasteiger partial charge in [-0.1, -0.05) is 6.07 Å². The van der Waals surface area contributed by atoms with Crippen LogP contribution < -0.4 is 20.5 Å². The molecule has 0 aromatic heterocycles. The topological polar surface area (TPSA) is 92.4 Å². The summed E-state index contributed by atoms with van der Waals surface area (Å²) in [5.74, 6) is 1.93. The number of nitrogens with zero attached hydrogens (tertiary/aromatic N) is 3. The summed E-state index contributed by atoms with van der Waals surface area (Å²) < 4.78 is 10.5. The Bertz CT molecular complexity index is 627. The highest BCUT2D eigenvalue weighted by atomic mass is 16.5. The van der Waals surface area contributed by atoms with Gasteiger partial charge in [-0.25, -0.2) is 4.99 Å². The quantitative estimate of drug-likeness (QED) is 0.534. The van der Waals surface area contributed by atoms with Crippen LogP contribution >= 0.6 is 0 Å². The number of ether oxygens (including phenoxy) is 2. The molecule has 1 aromatic carbocycles. The predicted molar refractivity (Wildman–Crippen MR) is 102 cm³/mol. The van der Waals surface area contributed by atoms with Gasteiger partial charge in [-0.05, 0) is 17.7 Å². The summed E-state index contributed by atoms with van der Waals surface area (Å²) in [6, 6.07) is 5.69. The summed E-state index contributed by atoms with van der Waals surface area (Å²) in [4.78, 5) is 19.9. The molecule has 144 valence electrons. The molecular weight excluding hydrogens is 334 g/mol. The number of benzene rings is 1. The van der Waals surface area contributed by atoms with Crippen molar-refractivity contribution in [2.45, 2.75) is 13.5 Å². The summed E-state index contributed by atoms with van der Waals surface area (Å²) in [7, 11) is 3.22. The number of hydrogen-bond acceptors (Lipinski definition) is 5. The van der Waals surface area contributed by atoms with E-state index in [9.17, 15) is 4.79 Å². The highest BCUT2D eigenvalue weighted by Gasteiger charge is 2.17. The van der Waals surface area contributed by atoms with Gasteiger partial charge >= 0.3 is 0 Å². The van der Waals surface area contributed by atoms with Gasteiger partial charge in [-0.2, -0.15) is 0 Å². The maximum atomic E-state index is 11.3. The van der Waals surface area contributed by atoms with Gasteiger partial charge in [0.15, 0.2) is 17.5 Å². The molecule has 0 bridgehead atoms. The van der Waals surface area contributed by atoms with E-state index in [0.717, 1.165) is 44.8 Å². The van der Waals surface area contributed by atoms with Crippen molar-refractivity contribution < 1.29 is 14.3 Å². The van der Waals surface area contributed by atoms with Crippen LogP contribution in [0.5, 0.6) is 11.5 Å². The number of aliphatic imine (C=N–C) groups is 1. The van der Waals surface area contributed by atoms with Crippen LogP contribution in [0, 0.1) is 0 Å². The molecule has 26 heavy (non-hydrogen) atoms. The van der Waals surface area contributed by atoms with E-state index in [1.165, 1.54) is 0 Å². The van der Waals surface area contributed by atoms with Crippen molar-refractivity contribution in [1.29, 1.82) is 0 Å². The van der Waals surface area contributed by atoms with Gasteiger partial charge < -0.3 is 25.4 Å². The van der Waals surface area contributed by atoms with Crippen LogP contribution in [0.4, 0.5) is 0 Å². The van der Waals surface area contributed by atoms with Crippen molar-refractivity contribution in [2.75, 3.05) is 53.5 Å². The molecule has 1 aliphatic heterocycles. The first kappa shape index (κ1) is 19.8. The van der Waals surface area contributed by atoms with E-state index in [-0.39, 0.29) is 5.91 Å². The smallest absolute Gasteiger partial charge is 0.219 e. The zero-order valence-electron chi connectivity index (χ0n) is 15.8. The third-order valence-corrected chi connectivity index (χ3v) is 4.43. The largest absolute Gasteiger partial charge is 0.493 e. The molecule has 0 saturated carbocycles. The molecule has 1 heterocycles. The molecule has 0 atom stereocenters. The van der Waals surface area contributed by atoms with Crippen molar-refractivity contribution in [3.05, 3.63) is 23.8 Å². The Morgan fingerprint density at radius 3 is 2.50 bits per heavy atom. The van der Waals surface area contributed by atoms with Crippen molar-refractivity contribution in [3.63, 3.8) is 0 Å². The van der Waals surface area contributed by atoms with E-state index in [4.69, 9.17) is 15.2 Å². The van der Waals surface area contributed by atoms with E-state index in [2.05, 4.69) is 15.2 Å². The number of methoxy groups -OCH3 is 2. The number of hydrogen-bond donors (Lipinski definition) is 2. The van der Waals surface area contributed by atoms with Crippen molar-refractivity contribution in [2.24, 2.45) is 10.7 Å². The first-order chi connectivity index (χ1) is 12.5. The average Bonchev–Trinajstić information content (AvgIpc) is 2.66. The number of rotatable bonds is 7. The Labute approximate surface area is 154 Å². The summed E-state index contributed by atoms with van der Waals surface area (Å²) >= 11 is 0. The third-order valence-electron chi connectivity index (χ3n) is 4.43. The lowest BCUT2D eigenvalue weighted by Gasteiger charge is -2.34. The van der Waals surface area contributed by atoms with E-state index in [1.807, 2.05) is 23.1 Å². The standard InChI is InChI=1S/C18H29N5O3/c1-14(24)23-10-8-22(9-11-23)7-6-20-18(19)21-13-15-4-5-16(25-2)17(12-15)26-3/h4-5,12H,6-11,13H2,1-3H3,(H3,19,20,21). The van der Waals surface area contributed by atoms with Gasteiger partial charge in [0.1, 0.15) is 0 Å². The van der Waals surface area contributed by atoms with Crippen LogP contribution in [0.15, 0.2) is 23.2 Å². The van der Waals surface area contributed by atoms with Gasteiger partial charge in [0.05, 0.1) is 20.8 Å². The van der Waals surface area contributed by atoms with Crippen molar-refractivity contribution >= 4 is 11.9 Å². The second kappa shape index (κ2) is 9.86. The first-order valence-corrected chi connectivity index (χ1v) is 8.76. The lowest BCUT2D eigenvalue weighted by molar-refractivity contribution is -0.130. The second-order valence-corrected chi connectivity index (χ2v) is 6.17. The molecule has 8 heteroatoms. The highest BCUT2D eigenvalue weighted by molar-refractivity contribution is 5.77. The van der Waals surface area contributed by atoms with Gasteiger partial charge in [0, 0.05) is 46.2 Å². The molecular formula is C18H29N5O3. The van der Waals surface area contributed by atoms with Crippen LogP contribution in [0.25, 0.3) is 0 Å². The van der Waals surface area contributed by atoms with Crippen LogP contribution in [0.1, 0.15) is 12.5 Å². The molecule has 0 radical (unpaired) electrons. The summed E-state index contributed by atoms with van der Waals surface area (Å²) in [5, 5.41) is 3.13. The number of carbonyl (C=O) groups excluding carboxylic acids is 1. The lowest BCUT2D eigenvalue weighted by atomic mass is 10.2. The Morgan fingerprint density at radius 1 is 1.19 bits per heavy atom. The fraction of sp³-hybridized carbons (Fsp3) is 0.556. The monoisotopic (exact) mass is 363 g/mol. The van der Waals surface area contributed by atoms with Gasteiger partial charge in [-0.15, -0.1) is 0 Å². The number of nitrogens with two attached hydrogens (primary N) is 1. The zero-order chi connectivity index (χ0) is 18.9. The Hall–Kier alpha value is -2.48. The maximum absolute atomic E-state index is 11.3. The molecule has 0 unspecified atom stereocenters. The minimum absolute atomic E-state index is 0.148. The molecule has 3 N–H and O–H groups in total. The fourth-order valence-electron chi connectivity index (χ4n) is 2.84. The number of carbonyl (C=O) groups is 1. The first-order valence-electron chi connectivity index (χ1n) is 8.76. The lowest BCUT2D eigenvalue weighted by Crippen LogP contribution is -2.50. The molecule has 0 aliphatic carbocycles. The van der Waals surface area contributed by atoms with E-state index < -0.39 is 0 Å². The van der Waals surface area contributed by atoms with Gasteiger partial charge in [0.2, 0.25) is 5.91 Å². The summed E-state index contributed by atoms with van der Waals surface area (Å²) in [6.07, 6.45) is 0. The van der Waals surface area contributed by atoms with Gasteiger partial charge in [0.25, 0.3) is 0 Å². The van der Waals surface area contributed by atoms with Gasteiger partial charge in [-0.3, -0.25) is 9.69 Å². The highest BCUT2D eigenvalue weighted by Crippen LogP contribution is 2.27. The van der Waals surface area contributed by atoms with Crippen molar-refractivity contribution in [1.82, 2.24) is 15.1 Å². The third kappa shape index (κ3) is 5.80. The minimum Gasteiger partial charge on any atom is -0.493 e. The normalized spacial score (nSPS) is 15.7. The van der Waals surface area contributed by atoms with Crippen LogP contribution in [-0.2, 0) is 11.3 Å². The Balaban J connectivity index is 1.73. The average molecular weight is 363 g/mol. The molecule has 2 rings (SSSR count). The molecule has 1 aromatic rings. The predicted octanol–water partition coefficient (Wildman–Crippen LogP) is 0.272. The fourth-order valence-corrected chi connectivity index (χ4v) is 2.84. The van der Waals surface area contributed by atoms with E-state index >= 15 is 0 Å². The Kier molecular flexibility index (Phi) is 7.53. The Morgan fingerprint density at radius 2 is 1.88 bits per heavy atom. The van der Waals surface area contributed by atoms with Crippen LogP contribution in [-0.4, -0.2) is 75.2 Å². The van der Waals surface area contributed by atoms with Crippen LogP contribution in [0.2, 0.25) is 0 Å². The summed E-state index contributed by atoms with van der Waals surface area (Å²) in [6.45, 7) is 7.05. The SMILES string of the molecule is COc1ccc(CN=C(N)NCCN2CCN(C(C)=O)CC2)cc1OC. The molecule has 1 aliphatic rings. The molecule has 1 fully saturated rings. The van der Waals surface area contributed by atoms with Crippen molar-refractivity contribution in [3.8, 4) is 11.5 Å². The second-order valence-electron chi connectivity index (χ2n) is 6.17. The number of amides is 1. The minimum atomic E-state index is 0.148. The number of piperazine rings is 1.